The highest BCUT2D eigenvalue weighted by Gasteiger charge is 2.38. The zero-order chi connectivity index (χ0) is 12.7. The van der Waals surface area contributed by atoms with Gasteiger partial charge in [0.15, 0.2) is 0 Å². The van der Waals surface area contributed by atoms with E-state index in [1.807, 2.05) is 0 Å². The Kier molecular flexibility index (Phi) is 3.57. The summed E-state index contributed by atoms with van der Waals surface area (Å²) in [4.78, 5) is 2.68. The van der Waals surface area contributed by atoms with Gasteiger partial charge in [0.1, 0.15) is 0 Å². The summed E-state index contributed by atoms with van der Waals surface area (Å²) in [5.74, 6) is 0. The molecule has 0 spiro atoms. The smallest absolute Gasteiger partial charge is 0.0252 e. The first kappa shape index (κ1) is 13.4. The van der Waals surface area contributed by atoms with Gasteiger partial charge in [0.25, 0.3) is 0 Å². The number of hydrogen-bond acceptors (Lipinski definition) is 2. The van der Waals surface area contributed by atoms with E-state index in [-0.39, 0.29) is 0 Å². The number of piperidine rings is 1. The van der Waals surface area contributed by atoms with Gasteiger partial charge in [-0.1, -0.05) is 27.7 Å². The Balaban J connectivity index is 1.97. The minimum absolute atomic E-state index is 0.407. The van der Waals surface area contributed by atoms with Gasteiger partial charge in [0.05, 0.1) is 0 Å². The van der Waals surface area contributed by atoms with Crippen molar-refractivity contribution in [3.63, 3.8) is 0 Å². The number of hydrogen-bond donors (Lipinski definition) is 1. The van der Waals surface area contributed by atoms with Crippen LogP contribution in [0.2, 0.25) is 0 Å². The lowest BCUT2D eigenvalue weighted by Gasteiger charge is -2.48. The molecule has 0 aromatic rings. The quantitative estimate of drug-likeness (QED) is 0.761. The van der Waals surface area contributed by atoms with Crippen LogP contribution in [0.15, 0.2) is 0 Å². The summed E-state index contributed by atoms with van der Waals surface area (Å²) in [6.45, 7) is 12.1. The first-order chi connectivity index (χ1) is 7.79. The van der Waals surface area contributed by atoms with Crippen LogP contribution in [0.5, 0.6) is 0 Å². The van der Waals surface area contributed by atoms with Gasteiger partial charge < -0.3 is 5.73 Å². The van der Waals surface area contributed by atoms with Crippen LogP contribution in [0.25, 0.3) is 0 Å². The van der Waals surface area contributed by atoms with E-state index in [2.05, 4.69) is 32.6 Å². The van der Waals surface area contributed by atoms with Gasteiger partial charge >= 0.3 is 0 Å². The molecular weight excluding hydrogens is 208 g/mol. The largest absolute Gasteiger partial charge is 0.326 e. The standard InChI is InChI=1S/C15H30N2/c1-14(2)7-9-17(10-8-14)13-11-15(3,4)6-5-12(13)16/h12-13H,5-11,16H2,1-4H3. The lowest BCUT2D eigenvalue weighted by Crippen LogP contribution is -2.55. The van der Waals surface area contributed by atoms with Crippen LogP contribution in [0.4, 0.5) is 0 Å². The lowest BCUT2D eigenvalue weighted by molar-refractivity contribution is 0.0349. The molecule has 1 aliphatic carbocycles. The van der Waals surface area contributed by atoms with E-state index in [4.69, 9.17) is 5.73 Å². The molecule has 1 saturated heterocycles. The second kappa shape index (κ2) is 4.55. The fourth-order valence-electron chi connectivity index (χ4n) is 3.43. The summed E-state index contributed by atoms with van der Waals surface area (Å²) in [5.41, 5.74) is 7.40. The zero-order valence-electron chi connectivity index (χ0n) is 12.1. The summed E-state index contributed by atoms with van der Waals surface area (Å²) >= 11 is 0. The molecule has 0 amide bonds. The first-order valence-electron chi connectivity index (χ1n) is 7.29. The molecule has 1 saturated carbocycles. The van der Waals surface area contributed by atoms with E-state index in [9.17, 15) is 0 Å². The van der Waals surface area contributed by atoms with Gasteiger partial charge in [0.2, 0.25) is 0 Å². The summed E-state index contributed by atoms with van der Waals surface area (Å²) in [5, 5.41) is 0. The third kappa shape index (κ3) is 3.23. The van der Waals surface area contributed by atoms with Crippen molar-refractivity contribution in [1.29, 1.82) is 0 Å². The van der Waals surface area contributed by atoms with Crippen LogP contribution in [0, 0.1) is 10.8 Å². The average molecular weight is 238 g/mol. The number of rotatable bonds is 1. The molecular formula is C15H30N2. The molecule has 0 aromatic heterocycles. The second-order valence-electron chi connectivity index (χ2n) is 7.84. The average Bonchev–Trinajstić information content (AvgIpc) is 2.22. The Bertz CT molecular complexity index is 260. The van der Waals surface area contributed by atoms with Gasteiger partial charge in [-0.3, -0.25) is 4.90 Å². The van der Waals surface area contributed by atoms with Gasteiger partial charge in [0, 0.05) is 12.1 Å². The Morgan fingerprint density at radius 2 is 1.53 bits per heavy atom. The lowest BCUT2D eigenvalue weighted by atomic mass is 9.71. The second-order valence-corrected chi connectivity index (χ2v) is 7.84. The molecule has 2 N–H and O–H groups in total. The van der Waals surface area contributed by atoms with E-state index in [1.54, 1.807) is 0 Å². The van der Waals surface area contributed by atoms with Crippen molar-refractivity contribution in [3.8, 4) is 0 Å². The monoisotopic (exact) mass is 238 g/mol. The highest BCUT2D eigenvalue weighted by molar-refractivity contribution is 4.94. The zero-order valence-corrected chi connectivity index (χ0v) is 12.1. The molecule has 1 heterocycles. The number of nitrogens with zero attached hydrogens (tertiary/aromatic N) is 1. The molecule has 0 aromatic carbocycles. The molecule has 2 atom stereocenters. The molecule has 17 heavy (non-hydrogen) atoms. The fraction of sp³-hybridized carbons (Fsp3) is 1.00. The molecule has 0 radical (unpaired) electrons. The SMILES string of the molecule is CC1(C)CCN(C2CC(C)(C)CCC2N)CC1. The highest BCUT2D eigenvalue weighted by atomic mass is 15.2. The molecule has 2 unspecified atom stereocenters. The Morgan fingerprint density at radius 1 is 0.941 bits per heavy atom. The molecule has 2 heteroatoms. The van der Waals surface area contributed by atoms with Crippen molar-refractivity contribution in [2.45, 2.75) is 71.9 Å². The van der Waals surface area contributed by atoms with Gasteiger partial charge in [-0.05, 0) is 56.0 Å². The van der Waals surface area contributed by atoms with Crippen molar-refractivity contribution >= 4 is 0 Å². The van der Waals surface area contributed by atoms with Crippen molar-refractivity contribution in [2.24, 2.45) is 16.6 Å². The van der Waals surface area contributed by atoms with Crippen LogP contribution in [0.3, 0.4) is 0 Å². The van der Waals surface area contributed by atoms with Gasteiger partial charge in [-0.15, -0.1) is 0 Å². The normalized spacial score (nSPS) is 37.9. The van der Waals surface area contributed by atoms with Crippen LogP contribution in [-0.2, 0) is 0 Å². The maximum absolute atomic E-state index is 6.36. The van der Waals surface area contributed by atoms with Crippen molar-refractivity contribution < 1.29 is 0 Å². The fourth-order valence-corrected chi connectivity index (χ4v) is 3.43. The molecule has 0 bridgehead atoms. The predicted molar refractivity (Wildman–Crippen MR) is 74.0 cm³/mol. The Labute approximate surface area is 107 Å². The maximum Gasteiger partial charge on any atom is 0.0252 e. The van der Waals surface area contributed by atoms with Crippen molar-refractivity contribution in [1.82, 2.24) is 4.90 Å². The molecule has 2 rings (SSSR count). The summed E-state index contributed by atoms with van der Waals surface area (Å²) in [6, 6.07) is 1.04. The van der Waals surface area contributed by atoms with E-state index in [0.717, 1.165) is 0 Å². The molecule has 100 valence electrons. The predicted octanol–water partition coefficient (Wildman–Crippen LogP) is 3.01. The molecule has 2 aliphatic rings. The van der Waals surface area contributed by atoms with Crippen LogP contribution >= 0.6 is 0 Å². The Hall–Kier alpha value is -0.0800. The minimum Gasteiger partial charge on any atom is -0.326 e. The number of nitrogens with two attached hydrogens (primary N) is 1. The summed E-state index contributed by atoms with van der Waals surface area (Å²) < 4.78 is 0. The van der Waals surface area contributed by atoms with E-state index < -0.39 is 0 Å². The van der Waals surface area contributed by atoms with E-state index in [0.29, 0.717) is 22.9 Å². The van der Waals surface area contributed by atoms with Gasteiger partial charge in [-0.2, -0.15) is 0 Å². The molecule has 1 aliphatic heterocycles. The molecule has 2 fully saturated rings. The minimum atomic E-state index is 0.407. The van der Waals surface area contributed by atoms with E-state index in [1.165, 1.54) is 45.2 Å². The van der Waals surface area contributed by atoms with Crippen LogP contribution in [0.1, 0.15) is 59.8 Å². The van der Waals surface area contributed by atoms with Crippen molar-refractivity contribution in [3.05, 3.63) is 0 Å². The maximum atomic E-state index is 6.36. The third-order valence-corrected chi connectivity index (χ3v) is 5.03. The van der Waals surface area contributed by atoms with E-state index >= 15 is 0 Å². The summed E-state index contributed by atoms with van der Waals surface area (Å²) in [7, 11) is 0. The topological polar surface area (TPSA) is 29.3 Å². The Morgan fingerprint density at radius 3 is 2.12 bits per heavy atom. The first-order valence-corrected chi connectivity index (χ1v) is 7.29. The van der Waals surface area contributed by atoms with Crippen LogP contribution < -0.4 is 5.73 Å². The third-order valence-electron chi connectivity index (χ3n) is 5.03. The van der Waals surface area contributed by atoms with Gasteiger partial charge in [-0.25, -0.2) is 0 Å². The number of likely N-dealkylation sites (tertiary alicyclic amines) is 1. The summed E-state index contributed by atoms with van der Waals surface area (Å²) in [6.07, 6.45) is 6.45. The van der Waals surface area contributed by atoms with Crippen LogP contribution in [-0.4, -0.2) is 30.1 Å². The van der Waals surface area contributed by atoms with Crippen molar-refractivity contribution in [2.75, 3.05) is 13.1 Å². The highest BCUT2D eigenvalue weighted by Crippen LogP contribution is 2.39. The molecule has 2 nitrogen and oxygen atoms in total.